The Bertz CT molecular complexity index is 1530. The van der Waals surface area contributed by atoms with Crippen LogP contribution in [0.25, 0.3) is 0 Å². The number of aliphatic carboxylic acids is 1. The molecule has 0 saturated heterocycles. The van der Waals surface area contributed by atoms with Crippen LogP contribution >= 0.6 is 0 Å². The van der Waals surface area contributed by atoms with Gasteiger partial charge in [0.05, 0.1) is 17.0 Å². The largest absolute Gasteiger partial charge is 0.573 e. The van der Waals surface area contributed by atoms with E-state index in [1.165, 1.54) is 17.0 Å². The van der Waals surface area contributed by atoms with Crippen molar-refractivity contribution in [2.75, 3.05) is 22.9 Å². The maximum Gasteiger partial charge on any atom is 0.573 e. The van der Waals surface area contributed by atoms with E-state index in [2.05, 4.69) is 4.74 Å². The van der Waals surface area contributed by atoms with Crippen molar-refractivity contribution < 1.29 is 54.2 Å². The summed E-state index contributed by atoms with van der Waals surface area (Å²) in [5.41, 5.74) is -1.11. The zero-order valence-corrected chi connectivity index (χ0v) is 26.9. The van der Waals surface area contributed by atoms with Gasteiger partial charge >= 0.3 is 24.7 Å². The molecule has 0 bridgehead atoms. The molecule has 49 heavy (non-hydrogen) atoms. The minimum absolute atomic E-state index is 0.0446. The van der Waals surface area contributed by atoms with Crippen molar-refractivity contribution in [2.24, 2.45) is 11.8 Å². The Morgan fingerprint density at radius 3 is 1.84 bits per heavy atom. The second-order valence-corrected chi connectivity index (χ2v) is 12.2. The SMILES string of the molecule is CCc1ccc(N(Cc2cc(C(F)(F)F)cc(C(F)(F)F)c2)Cc2cc(OC(F)(F)F)ccc2N(CC)C[C@H]2CC[C@H](C(=O)O)CC2)cc1. The van der Waals surface area contributed by atoms with Crippen LogP contribution in [0.1, 0.15) is 67.3 Å². The van der Waals surface area contributed by atoms with Crippen LogP contribution in [0.2, 0.25) is 0 Å². The number of hydrogen-bond donors (Lipinski definition) is 1. The Morgan fingerprint density at radius 2 is 1.35 bits per heavy atom. The standard InChI is InChI=1S/C35H37F9N2O3/c1-3-22-7-11-29(12-8-22)46(20-24-15-27(33(36,37)38)18-28(16-24)34(39,40)41)21-26-17-30(49-35(42,43)44)13-14-31(26)45(4-2)19-23-5-9-25(10-6-23)32(47)48/h7-8,11-18,23,25H,3-6,9-10,19-21H2,1-2H3,(H,47,48)/t23-,25-. The monoisotopic (exact) mass is 704 g/mol. The fourth-order valence-corrected chi connectivity index (χ4v) is 6.21. The van der Waals surface area contributed by atoms with Gasteiger partial charge < -0.3 is 19.6 Å². The van der Waals surface area contributed by atoms with Crippen molar-refractivity contribution in [1.82, 2.24) is 0 Å². The number of rotatable bonds is 12. The smallest absolute Gasteiger partial charge is 0.481 e. The third-order valence-electron chi connectivity index (χ3n) is 8.77. The van der Waals surface area contributed by atoms with Gasteiger partial charge in [-0.3, -0.25) is 4.79 Å². The average molecular weight is 705 g/mol. The highest BCUT2D eigenvalue weighted by Gasteiger charge is 2.37. The number of carbonyl (C=O) groups is 1. The Kier molecular flexibility index (Phi) is 11.7. The van der Waals surface area contributed by atoms with Gasteiger partial charge in [-0.05, 0) is 110 Å². The zero-order valence-electron chi connectivity index (χ0n) is 26.9. The number of anilines is 2. The highest BCUT2D eigenvalue weighted by Crippen LogP contribution is 2.38. The lowest BCUT2D eigenvalue weighted by molar-refractivity contribution is -0.274. The second-order valence-electron chi connectivity index (χ2n) is 12.2. The molecular formula is C35H37F9N2O3. The number of alkyl halides is 9. The van der Waals surface area contributed by atoms with E-state index in [1.54, 1.807) is 24.3 Å². The van der Waals surface area contributed by atoms with E-state index in [-0.39, 0.29) is 24.1 Å². The fourth-order valence-electron chi connectivity index (χ4n) is 6.21. The minimum atomic E-state index is -5.06. The van der Waals surface area contributed by atoms with E-state index in [4.69, 9.17) is 0 Å². The quantitative estimate of drug-likeness (QED) is 0.190. The molecule has 3 aromatic carbocycles. The molecular weight excluding hydrogens is 667 g/mol. The number of hydrogen-bond acceptors (Lipinski definition) is 4. The number of halogens is 9. The van der Waals surface area contributed by atoms with E-state index in [9.17, 15) is 49.4 Å². The highest BCUT2D eigenvalue weighted by atomic mass is 19.4. The third-order valence-corrected chi connectivity index (χ3v) is 8.77. The van der Waals surface area contributed by atoms with Crippen molar-refractivity contribution in [3.8, 4) is 5.75 Å². The molecule has 4 rings (SSSR count). The van der Waals surface area contributed by atoms with Crippen LogP contribution in [0.15, 0.2) is 60.7 Å². The summed E-state index contributed by atoms with van der Waals surface area (Å²) in [7, 11) is 0. The molecule has 0 aromatic heterocycles. The summed E-state index contributed by atoms with van der Waals surface area (Å²) in [6.45, 7) is 3.99. The zero-order chi connectivity index (χ0) is 36.1. The van der Waals surface area contributed by atoms with Gasteiger partial charge in [0, 0.05) is 37.6 Å². The highest BCUT2D eigenvalue weighted by molar-refractivity contribution is 5.70. The Balaban J connectivity index is 1.77. The first-order valence-corrected chi connectivity index (χ1v) is 15.8. The third kappa shape index (κ3) is 10.4. The van der Waals surface area contributed by atoms with Crippen LogP contribution in [0.3, 0.4) is 0 Å². The van der Waals surface area contributed by atoms with Crippen molar-refractivity contribution in [3.05, 3.63) is 88.5 Å². The van der Waals surface area contributed by atoms with Crippen molar-refractivity contribution in [1.29, 1.82) is 0 Å². The van der Waals surface area contributed by atoms with Crippen LogP contribution in [0, 0.1) is 11.8 Å². The normalized spacial score (nSPS) is 17.1. The summed E-state index contributed by atoms with van der Waals surface area (Å²) >= 11 is 0. The van der Waals surface area contributed by atoms with Crippen molar-refractivity contribution >= 4 is 17.3 Å². The topological polar surface area (TPSA) is 53.0 Å². The molecule has 1 aliphatic rings. The van der Waals surface area contributed by atoms with E-state index in [1.807, 2.05) is 18.7 Å². The summed E-state index contributed by atoms with van der Waals surface area (Å²) in [6.07, 6.45) is -12.3. The molecule has 0 spiro atoms. The molecule has 1 aliphatic carbocycles. The van der Waals surface area contributed by atoms with Gasteiger partial charge in [0.2, 0.25) is 0 Å². The van der Waals surface area contributed by atoms with Crippen LogP contribution in [0.5, 0.6) is 5.75 Å². The summed E-state index contributed by atoms with van der Waals surface area (Å²) in [5, 5.41) is 9.38. The maximum atomic E-state index is 13.7. The maximum absolute atomic E-state index is 13.7. The molecule has 5 nitrogen and oxygen atoms in total. The van der Waals surface area contributed by atoms with Gasteiger partial charge in [-0.15, -0.1) is 13.2 Å². The summed E-state index contributed by atoms with van der Waals surface area (Å²) in [6, 6.07) is 11.9. The molecule has 14 heteroatoms. The number of carboxylic acid groups (broad SMARTS) is 1. The predicted molar refractivity (Wildman–Crippen MR) is 166 cm³/mol. The lowest BCUT2D eigenvalue weighted by atomic mass is 9.81. The molecule has 1 saturated carbocycles. The van der Waals surface area contributed by atoms with E-state index < -0.39 is 54.0 Å². The Morgan fingerprint density at radius 1 is 0.755 bits per heavy atom. The van der Waals surface area contributed by atoms with Crippen LogP contribution in [0.4, 0.5) is 50.9 Å². The summed E-state index contributed by atoms with van der Waals surface area (Å²) < 4.78 is 126. The number of nitrogens with zero attached hydrogens (tertiary/aromatic N) is 2. The average Bonchev–Trinajstić information content (AvgIpc) is 3.02. The van der Waals surface area contributed by atoms with Crippen LogP contribution in [-0.2, 0) is 36.7 Å². The van der Waals surface area contributed by atoms with Gasteiger partial charge in [0.1, 0.15) is 5.75 Å². The van der Waals surface area contributed by atoms with Crippen molar-refractivity contribution in [3.63, 3.8) is 0 Å². The first-order chi connectivity index (χ1) is 22.9. The molecule has 0 unspecified atom stereocenters. The molecule has 1 N–H and O–H groups in total. The molecule has 0 aliphatic heterocycles. The van der Waals surface area contributed by atoms with E-state index in [0.717, 1.165) is 11.6 Å². The Labute approximate surface area is 278 Å². The second kappa shape index (κ2) is 15.2. The minimum Gasteiger partial charge on any atom is -0.481 e. The summed E-state index contributed by atoms with van der Waals surface area (Å²) in [4.78, 5) is 14.9. The first-order valence-electron chi connectivity index (χ1n) is 15.8. The molecule has 268 valence electrons. The number of ether oxygens (including phenoxy) is 1. The fraction of sp³-hybridized carbons (Fsp3) is 0.457. The van der Waals surface area contributed by atoms with Gasteiger partial charge in [-0.25, -0.2) is 0 Å². The van der Waals surface area contributed by atoms with E-state index in [0.29, 0.717) is 74.3 Å². The molecule has 0 radical (unpaired) electrons. The lowest BCUT2D eigenvalue weighted by Gasteiger charge is -2.34. The van der Waals surface area contributed by atoms with Crippen LogP contribution < -0.4 is 14.5 Å². The van der Waals surface area contributed by atoms with Gasteiger partial charge in [0.25, 0.3) is 0 Å². The number of benzene rings is 3. The van der Waals surface area contributed by atoms with Gasteiger partial charge in [0.15, 0.2) is 0 Å². The molecule has 3 aromatic rings. The Hall–Kier alpha value is -4.10. The van der Waals surface area contributed by atoms with Crippen LogP contribution in [-0.4, -0.2) is 30.5 Å². The number of carboxylic acids is 1. The first kappa shape index (κ1) is 37.7. The molecule has 0 atom stereocenters. The molecule has 0 amide bonds. The van der Waals surface area contributed by atoms with Gasteiger partial charge in [-0.2, -0.15) is 26.3 Å². The van der Waals surface area contributed by atoms with Gasteiger partial charge in [-0.1, -0.05) is 19.1 Å². The summed E-state index contributed by atoms with van der Waals surface area (Å²) in [5.74, 6) is -1.74. The molecule has 0 heterocycles. The van der Waals surface area contributed by atoms with Crippen molar-refractivity contribution in [2.45, 2.75) is 77.8 Å². The van der Waals surface area contributed by atoms with E-state index >= 15 is 0 Å². The lowest BCUT2D eigenvalue weighted by Crippen LogP contribution is -2.34. The molecule has 1 fully saturated rings. The number of aryl methyl sites for hydroxylation is 1. The predicted octanol–water partition coefficient (Wildman–Crippen LogP) is 10.1.